The van der Waals surface area contributed by atoms with Crippen molar-refractivity contribution in [3.63, 3.8) is 0 Å². The molecule has 0 aromatic carbocycles. The van der Waals surface area contributed by atoms with Crippen molar-refractivity contribution < 1.29 is 5.11 Å². The van der Waals surface area contributed by atoms with Crippen molar-refractivity contribution in [2.75, 3.05) is 0 Å². The minimum atomic E-state index is -0.610. The topological polar surface area (TPSA) is 50.9 Å². The molecule has 2 rings (SSSR count). The van der Waals surface area contributed by atoms with E-state index >= 15 is 0 Å². The molecule has 6 heteroatoms. The second-order valence-electron chi connectivity index (χ2n) is 3.40. The number of aromatic nitrogens is 3. The van der Waals surface area contributed by atoms with Gasteiger partial charge >= 0.3 is 0 Å². The Labute approximate surface area is 106 Å². The molecule has 0 fully saturated rings. The molecule has 2 aromatic rings. The molecular formula is C10H11BrClN3O. The zero-order chi connectivity index (χ0) is 11.7. The number of rotatable bonds is 3. The lowest BCUT2D eigenvalue weighted by molar-refractivity contribution is 0.102. The fourth-order valence-corrected chi connectivity index (χ4v) is 2.10. The van der Waals surface area contributed by atoms with E-state index in [0.717, 1.165) is 10.1 Å². The first kappa shape index (κ1) is 11.8. The molecule has 1 N–H and O–H groups in total. The third-order valence-corrected chi connectivity index (χ3v) is 3.06. The van der Waals surface area contributed by atoms with Gasteiger partial charge < -0.3 is 5.11 Å². The fourth-order valence-electron chi connectivity index (χ4n) is 1.61. The third-order valence-electron chi connectivity index (χ3n) is 2.38. The second kappa shape index (κ2) is 4.69. The lowest BCUT2D eigenvalue weighted by Gasteiger charge is -2.13. The minimum Gasteiger partial charge on any atom is -0.373 e. The smallest absolute Gasteiger partial charge is 0.179 e. The first-order valence-electron chi connectivity index (χ1n) is 4.94. The number of nitrogens with zero attached hydrogens (tertiary/aromatic N) is 3. The van der Waals surface area contributed by atoms with Gasteiger partial charge in [0, 0.05) is 0 Å². The first-order chi connectivity index (χ1) is 7.67. The molecule has 0 radical (unpaired) electrons. The van der Waals surface area contributed by atoms with Crippen LogP contribution in [0.5, 0.6) is 0 Å². The molecule has 2 aromatic heterocycles. The van der Waals surface area contributed by atoms with Crippen LogP contribution in [0.3, 0.4) is 0 Å². The van der Waals surface area contributed by atoms with Gasteiger partial charge in [0.1, 0.15) is 16.7 Å². The van der Waals surface area contributed by atoms with Crippen LogP contribution in [0.2, 0.25) is 0 Å². The summed E-state index contributed by atoms with van der Waals surface area (Å²) in [6.07, 6.45) is -0.00692. The predicted molar refractivity (Wildman–Crippen MR) is 66.3 cm³/mol. The highest BCUT2D eigenvalue weighted by atomic mass is 79.9. The molecule has 0 aliphatic rings. The molecule has 0 saturated carbocycles. The number of halogens is 2. The van der Waals surface area contributed by atoms with E-state index in [1.807, 2.05) is 19.1 Å². The zero-order valence-corrected chi connectivity index (χ0v) is 11.0. The van der Waals surface area contributed by atoms with Crippen molar-refractivity contribution in [3.8, 4) is 0 Å². The summed E-state index contributed by atoms with van der Waals surface area (Å²) >= 11 is 9.10. The maximum atomic E-state index is 9.92. The lowest BCUT2D eigenvalue weighted by Crippen LogP contribution is -2.09. The van der Waals surface area contributed by atoms with Gasteiger partial charge in [-0.15, -0.1) is 11.6 Å². The van der Waals surface area contributed by atoms with E-state index in [9.17, 15) is 5.11 Å². The van der Waals surface area contributed by atoms with Crippen LogP contribution in [0.15, 0.2) is 16.7 Å². The molecular weight excluding hydrogens is 293 g/mol. The summed E-state index contributed by atoms with van der Waals surface area (Å²) in [5.74, 6) is 0.891. The van der Waals surface area contributed by atoms with Gasteiger partial charge in [0.2, 0.25) is 0 Å². The van der Waals surface area contributed by atoms with Crippen molar-refractivity contribution in [1.82, 2.24) is 14.5 Å². The van der Waals surface area contributed by atoms with E-state index in [-0.39, 0.29) is 5.88 Å². The Hall–Kier alpha value is -0.650. The van der Waals surface area contributed by atoms with Crippen LogP contribution in [-0.4, -0.2) is 19.6 Å². The maximum absolute atomic E-state index is 9.92. The predicted octanol–water partition coefficient (Wildman–Crippen LogP) is 2.83. The van der Waals surface area contributed by atoms with Gasteiger partial charge in [0.15, 0.2) is 5.65 Å². The largest absolute Gasteiger partial charge is 0.373 e. The van der Waals surface area contributed by atoms with E-state index in [0.29, 0.717) is 17.9 Å². The number of aliphatic hydroxyl groups excluding tert-OH is 1. The standard InChI is InChI=1S/C10H11BrClN3O/c1-2-9(16)15-6-3-4-7(11)13-10(6)14-8(15)5-12/h3-4,9,16H,2,5H2,1H3. The Morgan fingerprint density at radius 3 is 2.88 bits per heavy atom. The van der Waals surface area contributed by atoms with Crippen LogP contribution < -0.4 is 0 Å². The Kier molecular flexibility index (Phi) is 3.47. The van der Waals surface area contributed by atoms with Gasteiger partial charge in [-0.2, -0.15) is 0 Å². The molecule has 1 atom stereocenters. The number of hydrogen-bond donors (Lipinski definition) is 1. The number of hydrogen-bond acceptors (Lipinski definition) is 3. The molecule has 0 aliphatic heterocycles. The minimum absolute atomic E-state index is 0.255. The number of fused-ring (bicyclic) bond motifs is 1. The second-order valence-corrected chi connectivity index (χ2v) is 4.48. The van der Waals surface area contributed by atoms with Gasteiger partial charge in [-0.3, -0.25) is 4.57 Å². The summed E-state index contributed by atoms with van der Waals surface area (Å²) in [5, 5.41) is 9.92. The summed E-state index contributed by atoms with van der Waals surface area (Å²) in [7, 11) is 0. The maximum Gasteiger partial charge on any atom is 0.179 e. The highest BCUT2D eigenvalue weighted by molar-refractivity contribution is 9.10. The van der Waals surface area contributed by atoms with Gasteiger partial charge in [0.25, 0.3) is 0 Å². The quantitative estimate of drug-likeness (QED) is 0.701. The van der Waals surface area contributed by atoms with Crippen molar-refractivity contribution in [2.24, 2.45) is 0 Å². The summed E-state index contributed by atoms with van der Waals surface area (Å²) in [5.41, 5.74) is 1.39. The summed E-state index contributed by atoms with van der Waals surface area (Å²) in [6, 6.07) is 3.69. The van der Waals surface area contributed by atoms with Gasteiger partial charge in [0.05, 0.1) is 11.4 Å². The monoisotopic (exact) mass is 303 g/mol. The molecule has 4 nitrogen and oxygen atoms in total. The van der Waals surface area contributed by atoms with Gasteiger partial charge in [-0.05, 0) is 34.5 Å². The van der Waals surface area contributed by atoms with Gasteiger partial charge in [-0.1, -0.05) is 6.92 Å². The van der Waals surface area contributed by atoms with Crippen molar-refractivity contribution in [3.05, 3.63) is 22.6 Å². The molecule has 0 spiro atoms. The lowest BCUT2D eigenvalue weighted by atomic mass is 10.3. The molecule has 0 saturated heterocycles. The van der Waals surface area contributed by atoms with E-state index < -0.39 is 6.23 Å². The SMILES string of the molecule is CCC(O)n1c(CCl)nc2nc(Br)ccc21. The Bertz CT molecular complexity index is 514. The zero-order valence-electron chi connectivity index (χ0n) is 8.69. The van der Waals surface area contributed by atoms with Crippen LogP contribution in [0, 0.1) is 0 Å². The first-order valence-corrected chi connectivity index (χ1v) is 6.27. The number of aliphatic hydroxyl groups is 1. The third kappa shape index (κ3) is 1.95. The normalized spacial score (nSPS) is 13.2. The molecule has 1 unspecified atom stereocenters. The fraction of sp³-hybridized carbons (Fsp3) is 0.400. The van der Waals surface area contributed by atoms with Crippen LogP contribution in [0.1, 0.15) is 25.4 Å². The number of alkyl halides is 1. The van der Waals surface area contributed by atoms with E-state index in [4.69, 9.17) is 11.6 Å². The summed E-state index contributed by atoms with van der Waals surface area (Å²) in [6.45, 7) is 1.90. The van der Waals surface area contributed by atoms with E-state index in [1.165, 1.54) is 0 Å². The molecule has 16 heavy (non-hydrogen) atoms. The molecule has 0 amide bonds. The highest BCUT2D eigenvalue weighted by Gasteiger charge is 2.15. The van der Waals surface area contributed by atoms with Crippen LogP contribution in [0.25, 0.3) is 11.2 Å². The van der Waals surface area contributed by atoms with Crippen molar-refractivity contribution in [2.45, 2.75) is 25.5 Å². The molecule has 2 heterocycles. The summed E-state index contributed by atoms with van der Waals surface area (Å²) in [4.78, 5) is 8.53. The van der Waals surface area contributed by atoms with Crippen molar-refractivity contribution >= 4 is 38.7 Å². The summed E-state index contributed by atoms with van der Waals surface area (Å²) < 4.78 is 2.44. The highest BCUT2D eigenvalue weighted by Crippen LogP contribution is 2.23. The van der Waals surface area contributed by atoms with Crippen LogP contribution >= 0.6 is 27.5 Å². The number of imidazole rings is 1. The van der Waals surface area contributed by atoms with Crippen LogP contribution in [0.4, 0.5) is 0 Å². The Morgan fingerprint density at radius 2 is 2.25 bits per heavy atom. The van der Waals surface area contributed by atoms with Crippen molar-refractivity contribution in [1.29, 1.82) is 0 Å². The van der Waals surface area contributed by atoms with Gasteiger partial charge in [-0.25, -0.2) is 9.97 Å². The Morgan fingerprint density at radius 1 is 1.50 bits per heavy atom. The molecule has 0 bridgehead atoms. The van der Waals surface area contributed by atoms with E-state index in [2.05, 4.69) is 25.9 Å². The molecule has 0 aliphatic carbocycles. The van der Waals surface area contributed by atoms with E-state index in [1.54, 1.807) is 4.57 Å². The average molecular weight is 305 g/mol. The van der Waals surface area contributed by atoms with Crippen LogP contribution in [-0.2, 0) is 5.88 Å². The Balaban J connectivity index is 2.68. The number of pyridine rings is 1. The molecule has 86 valence electrons. The average Bonchev–Trinajstić information content (AvgIpc) is 2.65.